The van der Waals surface area contributed by atoms with Crippen LogP contribution in [0.5, 0.6) is 0 Å². The standard InChI is InChI=1S/C13H14N2O4/c1-8(5-6-12(16)17)9-7-14-10-3-2-4-11(13(9)10)15(18)19/h2-4,7-8,14H,5-6H2,1H3,(H,16,17). The van der Waals surface area contributed by atoms with Gasteiger partial charge in [-0.15, -0.1) is 0 Å². The average Bonchev–Trinajstić information content (AvgIpc) is 2.79. The molecule has 6 nitrogen and oxygen atoms in total. The quantitative estimate of drug-likeness (QED) is 0.639. The lowest BCUT2D eigenvalue weighted by Gasteiger charge is -2.08. The number of hydrogen-bond acceptors (Lipinski definition) is 3. The van der Waals surface area contributed by atoms with Crippen molar-refractivity contribution in [2.75, 3.05) is 0 Å². The summed E-state index contributed by atoms with van der Waals surface area (Å²) in [5, 5.41) is 20.3. The minimum absolute atomic E-state index is 0.0500. The van der Waals surface area contributed by atoms with E-state index in [1.807, 2.05) is 6.92 Å². The Bertz CT molecular complexity index is 633. The number of fused-ring (bicyclic) bond motifs is 1. The first-order valence-corrected chi connectivity index (χ1v) is 5.97. The Labute approximate surface area is 109 Å². The van der Waals surface area contributed by atoms with Crippen LogP contribution in [0.3, 0.4) is 0 Å². The number of nitrogens with zero attached hydrogens (tertiary/aromatic N) is 1. The second-order valence-electron chi connectivity index (χ2n) is 4.53. The third-order valence-electron chi connectivity index (χ3n) is 3.23. The van der Waals surface area contributed by atoms with Crippen LogP contribution in [0.1, 0.15) is 31.2 Å². The SMILES string of the molecule is CC(CCC(=O)O)c1c[nH]c2cccc([N+](=O)[O-])c12. The van der Waals surface area contributed by atoms with Crippen molar-refractivity contribution in [3.63, 3.8) is 0 Å². The number of nitrogens with one attached hydrogen (secondary N) is 1. The second-order valence-corrected chi connectivity index (χ2v) is 4.53. The molecule has 2 rings (SSSR count). The molecule has 0 aliphatic heterocycles. The maximum absolute atomic E-state index is 11.1. The summed E-state index contributed by atoms with van der Waals surface area (Å²) in [5.74, 6) is -0.910. The average molecular weight is 262 g/mol. The van der Waals surface area contributed by atoms with Gasteiger partial charge in [0.2, 0.25) is 0 Å². The van der Waals surface area contributed by atoms with E-state index >= 15 is 0 Å². The van der Waals surface area contributed by atoms with Gasteiger partial charge < -0.3 is 10.1 Å². The van der Waals surface area contributed by atoms with Crippen LogP contribution in [0.25, 0.3) is 10.9 Å². The lowest BCUT2D eigenvalue weighted by Crippen LogP contribution is -2.00. The van der Waals surface area contributed by atoms with Gasteiger partial charge in [-0.1, -0.05) is 13.0 Å². The number of carboxylic acids is 1. The molecule has 6 heteroatoms. The number of hydrogen-bond donors (Lipinski definition) is 2. The number of rotatable bonds is 5. The highest BCUT2D eigenvalue weighted by Gasteiger charge is 2.20. The van der Waals surface area contributed by atoms with E-state index in [4.69, 9.17) is 5.11 Å². The summed E-state index contributed by atoms with van der Waals surface area (Å²) in [6, 6.07) is 4.86. The fraction of sp³-hybridized carbons (Fsp3) is 0.308. The van der Waals surface area contributed by atoms with E-state index in [1.54, 1.807) is 18.3 Å². The fourth-order valence-corrected chi connectivity index (χ4v) is 2.23. The van der Waals surface area contributed by atoms with Crippen LogP contribution >= 0.6 is 0 Å². The van der Waals surface area contributed by atoms with Gasteiger partial charge in [-0.25, -0.2) is 0 Å². The number of aromatic amines is 1. The van der Waals surface area contributed by atoms with Gasteiger partial charge in [0.15, 0.2) is 0 Å². The number of carboxylic acid groups (broad SMARTS) is 1. The highest BCUT2D eigenvalue weighted by atomic mass is 16.6. The Morgan fingerprint density at radius 2 is 2.26 bits per heavy atom. The molecule has 1 unspecified atom stereocenters. The number of aliphatic carboxylic acids is 1. The van der Waals surface area contributed by atoms with Crippen LogP contribution in [-0.4, -0.2) is 21.0 Å². The molecular formula is C13H14N2O4. The molecular weight excluding hydrogens is 248 g/mol. The first-order chi connectivity index (χ1) is 9.00. The lowest BCUT2D eigenvalue weighted by atomic mass is 9.95. The van der Waals surface area contributed by atoms with Crippen LogP contribution in [0, 0.1) is 10.1 Å². The topological polar surface area (TPSA) is 96.2 Å². The summed E-state index contributed by atoms with van der Waals surface area (Å²) in [5.41, 5.74) is 1.55. The Morgan fingerprint density at radius 1 is 1.53 bits per heavy atom. The van der Waals surface area contributed by atoms with E-state index in [9.17, 15) is 14.9 Å². The number of H-pyrrole nitrogens is 1. The van der Waals surface area contributed by atoms with Gasteiger partial charge in [0.1, 0.15) is 0 Å². The molecule has 1 heterocycles. The van der Waals surface area contributed by atoms with Crippen molar-refractivity contribution in [2.45, 2.75) is 25.7 Å². The van der Waals surface area contributed by atoms with Crippen molar-refractivity contribution in [3.8, 4) is 0 Å². The van der Waals surface area contributed by atoms with Gasteiger partial charge >= 0.3 is 5.97 Å². The molecule has 0 fully saturated rings. The van der Waals surface area contributed by atoms with E-state index in [2.05, 4.69) is 4.98 Å². The number of aromatic nitrogens is 1. The van der Waals surface area contributed by atoms with E-state index in [-0.39, 0.29) is 18.0 Å². The summed E-state index contributed by atoms with van der Waals surface area (Å²) in [7, 11) is 0. The van der Waals surface area contributed by atoms with Gasteiger partial charge in [0, 0.05) is 18.7 Å². The summed E-state index contributed by atoms with van der Waals surface area (Å²) in [4.78, 5) is 24.2. The van der Waals surface area contributed by atoms with Crippen LogP contribution in [0.2, 0.25) is 0 Å². The predicted octanol–water partition coefficient (Wildman–Crippen LogP) is 3.04. The molecule has 100 valence electrons. The van der Waals surface area contributed by atoms with E-state index in [0.29, 0.717) is 17.3 Å². The van der Waals surface area contributed by atoms with Gasteiger partial charge in [0.05, 0.1) is 15.8 Å². The minimum Gasteiger partial charge on any atom is -0.481 e. The number of carbonyl (C=O) groups is 1. The van der Waals surface area contributed by atoms with E-state index < -0.39 is 10.9 Å². The van der Waals surface area contributed by atoms with Crippen LogP contribution < -0.4 is 0 Å². The zero-order valence-electron chi connectivity index (χ0n) is 10.4. The van der Waals surface area contributed by atoms with Crippen molar-refractivity contribution < 1.29 is 14.8 Å². The van der Waals surface area contributed by atoms with Gasteiger partial charge in [-0.2, -0.15) is 0 Å². The van der Waals surface area contributed by atoms with Crippen LogP contribution in [-0.2, 0) is 4.79 Å². The Hall–Kier alpha value is -2.37. The second kappa shape index (κ2) is 5.09. The molecule has 0 saturated carbocycles. The molecule has 0 radical (unpaired) electrons. The third kappa shape index (κ3) is 2.57. The molecule has 2 aromatic rings. The van der Waals surface area contributed by atoms with E-state index in [1.165, 1.54) is 6.07 Å². The van der Waals surface area contributed by atoms with Gasteiger partial charge in [-0.05, 0) is 24.0 Å². The highest BCUT2D eigenvalue weighted by molar-refractivity contribution is 5.92. The molecule has 2 N–H and O–H groups in total. The number of nitro groups is 1. The first kappa shape index (κ1) is 13.1. The monoisotopic (exact) mass is 262 g/mol. The Kier molecular flexibility index (Phi) is 3.50. The summed E-state index contributed by atoms with van der Waals surface area (Å²) in [6.45, 7) is 1.88. The molecule has 0 aliphatic carbocycles. The smallest absolute Gasteiger partial charge is 0.303 e. The molecule has 0 spiro atoms. The highest BCUT2D eigenvalue weighted by Crippen LogP contribution is 2.34. The molecule has 1 atom stereocenters. The van der Waals surface area contributed by atoms with E-state index in [0.717, 1.165) is 5.56 Å². The lowest BCUT2D eigenvalue weighted by molar-refractivity contribution is -0.383. The molecule has 1 aromatic heterocycles. The van der Waals surface area contributed by atoms with Crippen LogP contribution in [0.4, 0.5) is 5.69 Å². The maximum atomic E-state index is 11.1. The number of non-ortho nitro benzene ring substituents is 1. The summed E-state index contributed by atoms with van der Waals surface area (Å²) < 4.78 is 0. The predicted molar refractivity (Wildman–Crippen MR) is 70.2 cm³/mol. The largest absolute Gasteiger partial charge is 0.481 e. The van der Waals surface area contributed by atoms with Gasteiger partial charge in [0.25, 0.3) is 5.69 Å². The normalized spacial score (nSPS) is 12.5. The third-order valence-corrected chi connectivity index (χ3v) is 3.23. The molecule has 0 amide bonds. The maximum Gasteiger partial charge on any atom is 0.303 e. The Balaban J connectivity index is 2.43. The molecule has 0 saturated heterocycles. The fourth-order valence-electron chi connectivity index (χ4n) is 2.23. The zero-order chi connectivity index (χ0) is 14.0. The molecule has 0 bridgehead atoms. The first-order valence-electron chi connectivity index (χ1n) is 5.97. The summed E-state index contributed by atoms with van der Waals surface area (Å²) >= 11 is 0. The molecule has 1 aromatic carbocycles. The van der Waals surface area contributed by atoms with Crippen molar-refractivity contribution in [2.24, 2.45) is 0 Å². The summed E-state index contributed by atoms with van der Waals surface area (Å²) in [6.07, 6.45) is 2.23. The molecule has 0 aliphatic rings. The van der Waals surface area contributed by atoms with Crippen molar-refractivity contribution in [3.05, 3.63) is 40.1 Å². The zero-order valence-corrected chi connectivity index (χ0v) is 10.4. The molecule has 19 heavy (non-hydrogen) atoms. The number of nitro benzene ring substituents is 1. The minimum atomic E-state index is -0.860. The Morgan fingerprint density at radius 3 is 2.89 bits per heavy atom. The van der Waals surface area contributed by atoms with Crippen molar-refractivity contribution in [1.82, 2.24) is 4.98 Å². The van der Waals surface area contributed by atoms with Crippen LogP contribution in [0.15, 0.2) is 24.4 Å². The van der Waals surface area contributed by atoms with Crippen molar-refractivity contribution >= 4 is 22.6 Å². The van der Waals surface area contributed by atoms with Crippen molar-refractivity contribution in [1.29, 1.82) is 0 Å². The number of benzene rings is 1. The van der Waals surface area contributed by atoms with Gasteiger partial charge in [-0.3, -0.25) is 14.9 Å².